The summed E-state index contributed by atoms with van der Waals surface area (Å²) in [6, 6.07) is 14.0. The van der Waals surface area contributed by atoms with Crippen molar-refractivity contribution in [2.45, 2.75) is 18.5 Å². The molecule has 0 radical (unpaired) electrons. The Balaban J connectivity index is 2.00. The second-order valence-corrected chi connectivity index (χ2v) is 10.4. The second kappa shape index (κ2) is 11.1. The summed E-state index contributed by atoms with van der Waals surface area (Å²) in [5.74, 6) is -3.81. The zero-order valence-electron chi connectivity index (χ0n) is 19.0. The van der Waals surface area contributed by atoms with E-state index in [2.05, 4.69) is 0 Å². The van der Waals surface area contributed by atoms with E-state index in [-0.39, 0.29) is 29.8 Å². The van der Waals surface area contributed by atoms with E-state index in [0.717, 1.165) is 4.90 Å². The number of anilines is 1. The number of hydrogen-bond acceptors (Lipinski definition) is 4. The molecule has 190 valence electrons. The highest BCUT2D eigenvalue weighted by Gasteiger charge is 2.46. The highest BCUT2D eigenvalue weighted by Crippen LogP contribution is 2.40. The van der Waals surface area contributed by atoms with Gasteiger partial charge in [-0.25, -0.2) is 4.79 Å². The van der Waals surface area contributed by atoms with Gasteiger partial charge in [0.05, 0.1) is 17.7 Å². The van der Waals surface area contributed by atoms with Gasteiger partial charge in [0, 0.05) is 20.2 Å². The van der Waals surface area contributed by atoms with E-state index in [1.807, 2.05) is 22.6 Å². The van der Waals surface area contributed by atoms with Gasteiger partial charge in [0.15, 0.2) is 6.04 Å². The fourth-order valence-electron chi connectivity index (χ4n) is 4.28. The van der Waals surface area contributed by atoms with Crippen molar-refractivity contribution < 1.29 is 29.4 Å². The highest BCUT2D eigenvalue weighted by molar-refractivity contribution is 14.1. The third kappa shape index (κ3) is 5.58. The number of benzene rings is 3. The Hall–Kier alpha value is -3.15. The summed E-state index contributed by atoms with van der Waals surface area (Å²) in [7, 11) is 0. The van der Waals surface area contributed by atoms with Crippen molar-refractivity contribution in [1.82, 2.24) is 4.90 Å². The number of amides is 2. The van der Waals surface area contributed by atoms with Crippen molar-refractivity contribution in [3.63, 3.8) is 0 Å². The van der Waals surface area contributed by atoms with E-state index in [4.69, 9.17) is 23.2 Å². The quantitative estimate of drug-likeness (QED) is 0.329. The van der Waals surface area contributed by atoms with E-state index in [1.165, 1.54) is 41.3 Å². The van der Waals surface area contributed by atoms with Crippen LogP contribution in [0.2, 0.25) is 10.0 Å². The van der Waals surface area contributed by atoms with Crippen molar-refractivity contribution in [1.29, 1.82) is 0 Å². The van der Waals surface area contributed by atoms with Crippen LogP contribution in [-0.4, -0.2) is 45.4 Å². The maximum atomic E-state index is 14.2. The molecule has 2 amide bonds. The molecule has 0 saturated carbocycles. The molecule has 1 aliphatic heterocycles. The van der Waals surface area contributed by atoms with Crippen molar-refractivity contribution >= 4 is 75.2 Å². The Labute approximate surface area is 235 Å². The molecule has 0 unspecified atom stereocenters. The van der Waals surface area contributed by atoms with Gasteiger partial charge in [-0.05, 0) is 76.2 Å². The number of halogens is 3. The third-order valence-electron chi connectivity index (χ3n) is 5.93. The topological polar surface area (TPSA) is 115 Å². The molecule has 3 aromatic rings. The molecule has 1 heterocycles. The summed E-state index contributed by atoms with van der Waals surface area (Å²) in [5, 5.41) is 20.4. The Kier molecular flexibility index (Phi) is 8.05. The Morgan fingerprint density at radius 2 is 1.51 bits per heavy atom. The largest absolute Gasteiger partial charge is 0.481 e. The fraction of sp³-hybridized carbons (Fsp3) is 0.154. The van der Waals surface area contributed by atoms with E-state index < -0.39 is 35.8 Å². The molecule has 37 heavy (non-hydrogen) atoms. The lowest BCUT2D eigenvalue weighted by molar-refractivity contribution is -0.144. The van der Waals surface area contributed by atoms with Gasteiger partial charge in [-0.2, -0.15) is 0 Å². The number of rotatable bonds is 7. The van der Waals surface area contributed by atoms with Crippen LogP contribution in [0.25, 0.3) is 0 Å². The molecule has 11 heteroatoms. The van der Waals surface area contributed by atoms with Crippen molar-refractivity contribution in [2.24, 2.45) is 0 Å². The average molecular weight is 653 g/mol. The average Bonchev–Trinajstić information content (AvgIpc) is 2.93. The second-order valence-electron chi connectivity index (χ2n) is 8.25. The lowest BCUT2D eigenvalue weighted by Crippen LogP contribution is -2.46. The van der Waals surface area contributed by atoms with Gasteiger partial charge >= 0.3 is 11.9 Å². The summed E-state index contributed by atoms with van der Waals surface area (Å²) in [5.41, 5.74) is 0.856. The van der Waals surface area contributed by atoms with Crippen LogP contribution in [-0.2, 0) is 14.4 Å². The Bertz CT molecular complexity index is 1380. The van der Waals surface area contributed by atoms with Crippen LogP contribution in [0, 0.1) is 3.57 Å². The zero-order chi connectivity index (χ0) is 26.9. The highest BCUT2D eigenvalue weighted by atomic mass is 127. The predicted molar refractivity (Wildman–Crippen MR) is 146 cm³/mol. The van der Waals surface area contributed by atoms with Crippen LogP contribution < -0.4 is 4.90 Å². The van der Waals surface area contributed by atoms with E-state index >= 15 is 0 Å². The van der Waals surface area contributed by atoms with Crippen LogP contribution in [0.3, 0.4) is 0 Å². The maximum absolute atomic E-state index is 14.2. The smallest absolute Gasteiger partial charge is 0.331 e. The Morgan fingerprint density at radius 1 is 0.919 bits per heavy atom. The molecular formula is C26H19Cl2IN2O6. The van der Waals surface area contributed by atoms with Gasteiger partial charge in [0.1, 0.15) is 6.04 Å². The first kappa shape index (κ1) is 26.9. The van der Waals surface area contributed by atoms with Crippen LogP contribution in [0.15, 0.2) is 66.7 Å². The maximum Gasteiger partial charge on any atom is 0.331 e. The van der Waals surface area contributed by atoms with Crippen LogP contribution >= 0.6 is 45.8 Å². The summed E-state index contributed by atoms with van der Waals surface area (Å²) < 4.78 is 0.679. The number of carbonyl (C=O) groups excluding carboxylic acids is 2. The first-order chi connectivity index (χ1) is 17.6. The van der Waals surface area contributed by atoms with Crippen LogP contribution in [0.1, 0.15) is 40.0 Å². The summed E-state index contributed by atoms with van der Waals surface area (Å²) >= 11 is 14.1. The summed E-state index contributed by atoms with van der Waals surface area (Å²) in [6.07, 6.45) is -0.377. The normalized spacial score (nSPS) is 16.2. The van der Waals surface area contributed by atoms with E-state index in [0.29, 0.717) is 19.2 Å². The summed E-state index contributed by atoms with van der Waals surface area (Å²) in [4.78, 5) is 54.7. The number of fused-ring (bicyclic) bond motifs is 1. The first-order valence-electron chi connectivity index (χ1n) is 11.0. The minimum Gasteiger partial charge on any atom is -0.481 e. The third-order valence-corrected chi connectivity index (χ3v) is 7.10. The number of carbonyl (C=O) groups is 4. The number of nitrogens with zero attached hydrogens (tertiary/aromatic N) is 2. The lowest BCUT2D eigenvalue weighted by Gasteiger charge is -2.35. The molecule has 2 N–H and O–H groups in total. The molecule has 2 atom stereocenters. The molecule has 0 fully saturated rings. The number of aliphatic carboxylic acids is 2. The lowest BCUT2D eigenvalue weighted by atomic mass is 9.97. The van der Waals surface area contributed by atoms with E-state index in [9.17, 15) is 29.4 Å². The van der Waals surface area contributed by atoms with Gasteiger partial charge in [-0.15, -0.1) is 0 Å². The van der Waals surface area contributed by atoms with Gasteiger partial charge < -0.3 is 20.0 Å². The van der Waals surface area contributed by atoms with Crippen molar-refractivity contribution in [2.75, 3.05) is 11.4 Å². The molecule has 0 aliphatic carbocycles. The molecule has 0 bridgehead atoms. The fourth-order valence-corrected chi connectivity index (χ4v) is 5.02. The van der Waals surface area contributed by atoms with Crippen LogP contribution in [0.5, 0.6) is 0 Å². The first-order valence-corrected chi connectivity index (χ1v) is 12.8. The molecule has 8 nitrogen and oxygen atoms in total. The molecule has 0 aromatic heterocycles. The van der Waals surface area contributed by atoms with E-state index in [1.54, 1.807) is 30.3 Å². The minimum absolute atomic E-state index is 0.0855. The SMILES string of the molecule is O=C(O)CCN1C(=O)[C@H](c2ccc(Cl)cc2)N([C@@H](C(=O)O)c2ccc(Cl)cc2)C(=O)c2cc(I)ccc21. The molecule has 0 spiro atoms. The zero-order valence-corrected chi connectivity index (χ0v) is 22.6. The van der Waals surface area contributed by atoms with Crippen molar-refractivity contribution in [3.05, 3.63) is 97.0 Å². The molecular weight excluding hydrogens is 634 g/mol. The molecule has 1 aliphatic rings. The van der Waals surface area contributed by atoms with Gasteiger partial charge in [0.2, 0.25) is 0 Å². The molecule has 3 aromatic carbocycles. The monoisotopic (exact) mass is 652 g/mol. The standard InChI is InChI=1S/C26H19Cl2IN2O6/c27-16-5-1-14(2-6-16)22-25(35)30(12-11-21(32)33)20-10-9-18(29)13-19(20)24(34)31(22)23(26(36)37)15-3-7-17(28)8-4-15/h1-10,13,22-23H,11-12H2,(H,32,33)(H,36,37)/t22-,23+/m0/s1. The predicted octanol–water partition coefficient (Wildman–Crippen LogP) is 5.43. The van der Waals surface area contributed by atoms with Gasteiger partial charge in [-0.3, -0.25) is 14.4 Å². The van der Waals surface area contributed by atoms with Gasteiger partial charge in [-0.1, -0.05) is 47.5 Å². The summed E-state index contributed by atoms with van der Waals surface area (Å²) in [6.45, 7) is -0.217. The van der Waals surface area contributed by atoms with Crippen LogP contribution in [0.4, 0.5) is 5.69 Å². The van der Waals surface area contributed by atoms with Gasteiger partial charge in [0.25, 0.3) is 11.8 Å². The Morgan fingerprint density at radius 3 is 2.08 bits per heavy atom. The minimum atomic E-state index is -1.56. The number of hydrogen-bond donors (Lipinski definition) is 2. The number of carboxylic acid groups (broad SMARTS) is 2. The van der Waals surface area contributed by atoms with Crippen molar-refractivity contribution in [3.8, 4) is 0 Å². The molecule has 4 rings (SSSR count). The molecule has 0 saturated heterocycles. The number of carboxylic acids is 2.